The number of likely N-dealkylation sites (tertiary alicyclic amines) is 1. The molecule has 0 aliphatic carbocycles. The molecule has 148 valence electrons. The van der Waals surface area contributed by atoms with Gasteiger partial charge in [0.1, 0.15) is 17.5 Å². The lowest BCUT2D eigenvalue weighted by molar-refractivity contribution is -0.129. The first-order valence-electron chi connectivity index (χ1n) is 9.13. The number of anilines is 1. The summed E-state index contributed by atoms with van der Waals surface area (Å²) >= 11 is 0. The molecule has 3 rings (SSSR count). The van der Waals surface area contributed by atoms with Gasteiger partial charge in [0.25, 0.3) is 0 Å². The molecule has 1 N–H and O–H groups in total. The highest BCUT2D eigenvalue weighted by Crippen LogP contribution is 2.18. The lowest BCUT2D eigenvalue weighted by atomic mass is 10.0. The Morgan fingerprint density at radius 3 is 2.79 bits per heavy atom. The van der Waals surface area contributed by atoms with E-state index in [9.17, 15) is 13.6 Å². The molecule has 2 aromatic rings. The molecule has 0 radical (unpaired) electrons. The summed E-state index contributed by atoms with van der Waals surface area (Å²) in [4.78, 5) is 21.6. The van der Waals surface area contributed by atoms with Crippen molar-refractivity contribution in [2.45, 2.75) is 25.3 Å². The second kappa shape index (κ2) is 9.36. The van der Waals surface area contributed by atoms with Crippen molar-refractivity contribution in [1.82, 2.24) is 14.9 Å². The van der Waals surface area contributed by atoms with Crippen molar-refractivity contribution in [3.63, 3.8) is 0 Å². The summed E-state index contributed by atoms with van der Waals surface area (Å²) in [6.07, 6.45) is 6.18. The molecular formula is C20H22F2N4O2. The zero-order valence-corrected chi connectivity index (χ0v) is 15.4. The number of hydrogen-bond acceptors (Lipinski definition) is 6. The van der Waals surface area contributed by atoms with E-state index in [2.05, 4.69) is 26.8 Å². The van der Waals surface area contributed by atoms with Gasteiger partial charge in [0.15, 0.2) is 0 Å². The van der Waals surface area contributed by atoms with Crippen LogP contribution in [0.3, 0.4) is 0 Å². The van der Waals surface area contributed by atoms with Crippen LogP contribution in [0.2, 0.25) is 0 Å². The van der Waals surface area contributed by atoms with Crippen LogP contribution < -0.4 is 10.1 Å². The molecule has 0 amide bonds. The largest absolute Gasteiger partial charge is 0.403 e. The molecule has 1 aliphatic heterocycles. The molecule has 1 fully saturated rings. The maximum Gasteiger partial charge on any atom is 0.336 e. The number of benzene rings is 1. The zero-order valence-electron chi connectivity index (χ0n) is 15.4. The number of carbonyl (C=O) groups excluding carboxylic acids is 1. The monoisotopic (exact) mass is 388 g/mol. The van der Waals surface area contributed by atoms with E-state index in [1.165, 1.54) is 30.6 Å². The number of rotatable bonds is 7. The quantitative estimate of drug-likeness (QED) is 0.581. The summed E-state index contributed by atoms with van der Waals surface area (Å²) in [5.74, 6) is -0.916. The van der Waals surface area contributed by atoms with Gasteiger partial charge in [-0.1, -0.05) is 12.6 Å². The highest BCUT2D eigenvalue weighted by molar-refractivity contribution is 5.83. The van der Waals surface area contributed by atoms with Crippen molar-refractivity contribution in [3.05, 3.63) is 60.4 Å². The van der Waals surface area contributed by atoms with Crippen LogP contribution >= 0.6 is 0 Å². The molecule has 0 unspecified atom stereocenters. The molecule has 0 bridgehead atoms. The fraction of sp³-hybridized carbons (Fsp3) is 0.350. The smallest absolute Gasteiger partial charge is 0.336 e. The number of carbonyl (C=O) groups is 1. The number of esters is 1. The van der Waals surface area contributed by atoms with Crippen molar-refractivity contribution in [2.75, 3.05) is 25.0 Å². The van der Waals surface area contributed by atoms with Crippen LogP contribution in [0.25, 0.3) is 0 Å². The van der Waals surface area contributed by atoms with Crippen molar-refractivity contribution < 1.29 is 18.3 Å². The van der Waals surface area contributed by atoms with E-state index >= 15 is 0 Å². The summed E-state index contributed by atoms with van der Waals surface area (Å²) in [5, 5.41) is 3.30. The van der Waals surface area contributed by atoms with E-state index in [-0.39, 0.29) is 17.5 Å². The zero-order chi connectivity index (χ0) is 19.9. The Morgan fingerprint density at radius 2 is 2.11 bits per heavy atom. The van der Waals surface area contributed by atoms with Crippen LogP contribution in [0, 0.1) is 11.6 Å². The van der Waals surface area contributed by atoms with Gasteiger partial charge in [-0.25, -0.2) is 23.5 Å². The first kappa shape index (κ1) is 19.9. The predicted molar refractivity (Wildman–Crippen MR) is 101 cm³/mol. The number of nitrogens with one attached hydrogen (secondary N) is 1. The second-order valence-corrected chi connectivity index (χ2v) is 6.60. The Labute approximate surface area is 162 Å². The molecule has 0 saturated carbocycles. The Bertz CT molecular complexity index is 809. The SMILES string of the molecule is C=CC(=O)Oc1cnc(N[C@@H]2CCCN(CCc3c(F)cccc3F)C2)cn1. The van der Waals surface area contributed by atoms with Crippen LogP contribution in [0.15, 0.2) is 43.2 Å². The summed E-state index contributed by atoms with van der Waals surface area (Å²) in [7, 11) is 0. The fourth-order valence-electron chi connectivity index (χ4n) is 3.21. The first-order valence-corrected chi connectivity index (χ1v) is 9.13. The Balaban J connectivity index is 1.52. The predicted octanol–water partition coefficient (Wildman–Crippen LogP) is 2.97. The molecule has 0 spiro atoms. The molecule has 1 atom stereocenters. The van der Waals surface area contributed by atoms with E-state index in [0.717, 1.165) is 32.0 Å². The van der Waals surface area contributed by atoms with E-state index < -0.39 is 17.6 Å². The van der Waals surface area contributed by atoms with Gasteiger partial charge in [0.05, 0.1) is 12.4 Å². The van der Waals surface area contributed by atoms with Gasteiger partial charge in [-0.3, -0.25) is 0 Å². The van der Waals surface area contributed by atoms with E-state index in [4.69, 9.17) is 4.74 Å². The van der Waals surface area contributed by atoms with Crippen LogP contribution in [0.5, 0.6) is 5.88 Å². The van der Waals surface area contributed by atoms with Crippen LogP contribution in [-0.4, -0.2) is 46.5 Å². The molecule has 1 aliphatic rings. The van der Waals surface area contributed by atoms with Gasteiger partial charge in [-0.15, -0.1) is 0 Å². The van der Waals surface area contributed by atoms with Crippen LogP contribution in [0.1, 0.15) is 18.4 Å². The number of halogens is 2. The maximum atomic E-state index is 13.8. The molecule has 6 nitrogen and oxygen atoms in total. The highest BCUT2D eigenvalue weighted by atomic mass is 19.1. The number of piperidine rings is 1. The van der Waals surface area contributed by atoms with Gasteiger partial charge in [0, 0.05) is 30.8 Å². The summed E-state index contributed by atoms with van der Waals surface area (Å²) in [5.41, 5.74) is 0.133. The minimum absolute atomic E-state index is 0.104. The van der Waals surface area contributed by atoms with Crippen molar-refractivity contribution in [3.8, 4) is 5.88 Å². The average molecular weight is 388 g/mol. The van der Waals surface area contributed by atoms with Crippen LogP contribution in [-0.2, 0) is 11.2 Å². The summed E-state index contributed by atoms with van der Waals surface area (Å²) in [6, 6.07) is 4.09. The number of aromatic nitrogens is 2. The van der Waals surface area contributed by atoms with E-state index in [1.807, 2.05) is 0 Å². The summed E-state index contributed by atoms with van der Waals surface area (Å²) in [6.45, 7) is 5.53. The molecule has 28 heavy (non-hydrogen) atoms. The molecule has 8 heteroatoms. The van der Waals surface area contributed by atoms with Crippen LogP contribution in [0.4, 0.5) is 14.6 Å². The molecular weight excluding hydrogens is 366 g/mol. The molecule has 1 aromatic carbocycles. The standard InChI is InChI=1S/C20H22F2N4O2/c1-2-20(27)28-19-12-23-18(11-24-19)25-14-5-4-9-26(13-14)10-8-15-16(21)6-3-7-17(15)22/h2-3,6-7,11-12,14H,1,4-5,8-10,13H2,(H,23,25)/t14-/m1/s1. The maximum absolute atomic E-state index is 13.8. The number of ether oxygens (including phenoxy) is 1. The normalized spacial score (nSPS) is 17.1. The van der Waals surface area contributed by atoms with E-state index in [0.29, 0.717) is 18.8 Å². The summed E-state index contributed by atoms with van der Waals surface area (Å²) < 4.78 is 32.5. The minimum Gasteiger partial charge on any atom is -0.403 e. The molecule has 1 saturated heterocycles. The Kier molecular flexibility index (Phi) is 6.65. The highest BCUT2D eigenvalue weighted by Gasteiger charge is 2.21. The number of nitrogens with zero attached hydrogens (tertiary/aromatic N) is 3. The van der Waals surface area contributed by atoms with E-state index in [1.54, 1.807) is 0 Å². The topological polar surface area (TPSA) is 67.3 Å². The fourth-order valence-corrected chi connectivity index (χ4v) is 3.21. The van der Waals surface area contributed by atoms with Gasteiger partial charge >= 0.3 is 5.97 Å². The number of hydrogen-bond donors (Lipinski definition) is 1. The third-order valence-corrected chi connectivity index (χ3v) is 4.60. The minimum atomic E-state index is -0.593. The lowest BCUT2D eigenvalue weighted by Crippen LogP contribution is -2.43. The van der Waals surface area contributed by atoms with Gasteiger partial charge in [-0.05, 0) is 37.9 Å². The average Bonchev–Trinajstić information content (AvgIpc) is 2.69. The Hall–Kier alpha value is -2.87. The Morgan fingerprint density at radius 1 is 1.32 bits per heavy atom. The van der Waals surface area contributed by atoms with Crippen molar-refractivity contribution in [2.24, 2.45) is 0 Å². The van der Waals surface area contributed by atoms with Gasteiger partial charge in [0.2, 0.25) is 5.88 Å². The lowest BCUT2D eigenvalue weighted by Gasteiger charge is -2.33. The second-order valence-electron chi connectivity index (χ2n) is 6.60. The van der Waals surface area contributed by atoms with Gasteiger partial charge in [-0.2, -0.15) is 0 Å². The third-order valence-electron chi connectivity index (χ3n) is 4.60. The molecule has 1 aromatic heterocycles. The first-order chi connectivity index (χ1) is 13.5. The molecule has 2 heterocycles. The van der Waals surface area contributed by atoms with Gasteiger partial charge < -0.3 is 15.0 Å². The third kappa shape index (κ3) is 5.32. The van der Waals surface area contributed by atoms with Crippen molar-refractivity contribution in [1.29, 1.82) is 0 Å². The van der Waals surface area contributed by atoms with Crippen molar-refractivity contribution >= 4 is 11.8 Å².